The summed E-state index contributed by atoms with van der Waals surface area (Å²) in [5.41, 5.74) is 1.81. The van der Waals surface area contributed by atoms with Crippen molar-refractivity contribution in [3.8, 4) is 11.5 Å². The first-order valence-electron chi connectivity index (χ1n) is 7.28. The van der Waals surface area contributed by atoms with E-state index < -0.39 is 0 Å². The number of allylic oxidation sites excluding steroid dienone is 1. The largest absolute Gasteiger partial charge is 0.504 e. The number of phenols is 1. The number of hydrogen-bond acceptors (Lipinski definition) is 4. The second-order valence-electron chi connectivity index (χ2n) is 5.24. The van der Waals surface area contributed by atoms with E-state index in [1.807, 2.05) is 0 Å². The third kappa shape index (κ3) is 4.24. The number of rotatable bonds is 6. The molecule has 0 saturated carbocycles. The molecule has 0 radical (unpaired) electrons. The van der Waals surface area contributed by atoms with Crippen molar-refractivity contribution < 1.29 is 19.4 Å². The van der Waals surface area contributed by atoms with Gasteiger partial charge in [0.1, 0.15) is 0 Å². The number of benzene rings is 2. The Balaban J connectivity index is 2.07. The highest BCUT2D eigenvalue weighted by molar-refractivity contribution is 6.32. The standard InChI is InChI=1S/C19H17ClO4/c1-12-15(4-3-5-16(12)20)18(23)11-14(21)8-6-13-7-9-17(22)19(10-13)24-2/h3-10,22H,11H2,1-2H3/b8-6+. The van der Waals surface area contributed by atoms with Crippen molar-refractivity contribution in [3.05, 3.63) is 64.2 Å². The Bertz CT molecular complexity index is 809. The molecule has 0 heterocycles. The van der Waals surface area contributed by atoms with Crippen LogP contribution in [0.25, 0.3) is 6.08 Å². The molecule has 0 aliphatic heterocycles. The third-order valence-corrected chi connectivity index (χ3v) is 3.98. The lowest BCUT2D eigenvalue weighted by atomic mass is 10.0. The minimum Gasteiger partial charge on any atom is -0.504 e. The summed E-state index contributed by atoms with van der Waals surface area (Å²) < 4.78 is 5.00. The molecule has 2 rings (SSSR count). The highest BCUT2D eigenvalue weighted by Gasteiger charge is 2.13. The maximum absolute atomic E-state index is 12.2. The van der Waals surface area contributed by atoms with Crippen LogP contribution in [0.4, 0.5) is 0 Å². The highest BCUT2D eigenvalue weighted by Crippen LogP contribution is 2.26. The third-order valence-electron chi connectivity index (χ3n) is 3.57. The van der Waals surface area contributed by atoms with E-state index in [0.29, 0.717) is 27.5 Å². The number of carbonyl (C=O) groups is 2. The van der Waals surface area contributed by atoms with E-state index in [2.05, 4.69) is 0 Å². The molecule has 1 N–H and O–H groups in total. The summed E-state index contributed by atoms with van der Waals surface area (Å²) in [6, 6.07) is 9.76. The average molecular weight is 345 g/mol. The monoisotopic (exact) mass is 344 g/mol. The van der Waals surface area contributed by atoms with Crippen molar-refractivity contribution in [3.63, 3.8) is 0 Å². The lowest BCUT2D eigenvalue weighted by molar-refractivity contribution is -0.113. The smallest absolute Gasteiger partial charge is 0.170 e. The molecule has 0 aromatic heterocycles. The van der Waals surface area contributed by atoms with Gasteiger partial charge in [-0.2, -0.15) is 0 Å². The Morgan fingerprint density at radius 3 is 2.71 bits per heavy atom. The summed E-state index contributed by atoms with van der Waals surface area (Å²) in [4.78, 5) is 24.2. The lowest BCUT2D eigenvalue weighted by Crippen LogP contribution is -2.07. The number of carbonyl (C=O) groups excluding carboxylic acids is 2. The zero-order valence-electron chi connectivity index (χ0n) is 13.4. The van der Waals surface area contributed by atoms with Gasteiger partial charge in [0.25, 0.3) is 0 Å². The van der Waals surface area contributed by atoms with Gasteiger partial charge in [0.2, 0.25) is 0 Å². The minimum atomic E-state index is -0.314. The van der Waals surface area contributed by atoms with Gasteiger partial charge in [0.05, 0.1) is 13.5 Å². The molecule has 0 fully saturated rings. The number of ether oxygens (including phenoxy) is 1. The van der Waals surface area contributed by atoms with Crippen LogP contribution in [0.3, 0.4) is 0 Å². The second kappa shape index (κ2) is 7.79. The van der Waals surface area contributed by atoms with Crippen molar-refractivity contribution in [1.29, 1.82) is 0 Å². The molecule has 0 bridgehead atoms. The van der Waals surface area contributed by atoms with Crippen molar-refractivity contribution >= 4 is 29.2 Å². The molecule has 2 aromatic carbocycles. The van der Waals surface area contributed by atoms with Crippen molar-refractivity contribution in [2.75, 3.05) is 7.11 Å². The van der Waals surface area contributed by atoms with Gasteiger partial charge >= 0.3 is 0 Å². The van der Waals surface area contributed by atoms with Crippen molar-refractivity contribution in [2.24, 2.45) is 0 Å². The first-order chi connectivity index (χ1) is 11.4. The maximum atomic E-state index is 12.2. The molecule has 0 atom stereocenters. The molecule has 0 aliphatic carbocycles. The van der Waals surface area contributed by atoms with E-state index in [1.54, 1.807) is 43.3 Å². The fourth-order valence-electron chi connectivity index (χ4n) is 2.21. The first kappa shape index (κ1) is 17.8. The van der Waals surface area contributed by atoms with Gasteiger partial charge in [-0.3, -0.25) is 9.59 Å². The summed E-state index contributed by atoms with van der Waals surface area (Å²) in [5, 5.41) is 10.0. The zero-order chi connectivity index (χ0) is 17.7. The van der Waals surface area contributed by atoms with Crippen LogP contribution in [0.2, 0.25) is 5.02 Å². The molecule has 124 valence electrons. The fraction of sp³-hybridized carbons (Fsp3) is 0.158. The molecular formula is C19H17ClO4. The predicted molar refractivity (Wildman–Crippen MR) is 93.8 cm³/mol. The van der Waals surface area contributed by atoms with Crippen LogP contribution in [0, 0.1) is 6.92 Å². The first-order valence-corrected chi connectivity index (χ1v) is 7.66. The maximum Gasteiger partial charge on any atom is 0.170 e. The Kier molecular flexibility index (Phi) is 5.77. The number of phenolic OH excluding ortho intramolecular Hbond substituents is 1. The van der Waals surface area contributed by atoms with Crippen LogP contribution in [-0.4, -0.2) is 23.8 Å². The van der Waals surface area contributed by atoms with Crippen LogP contribution in [-0.2, 0) is 4.79 Å². The van der Waals surface area contributed by atoms with Gasteiger partial charge in [0.15, 0.2) is 23.1 Å². The highest BCUT2D eigenvalue weighted by atomic mass is 35.5. The molecular weight excluding hydrogens is 328 g/mol. The van der Waals surface area contributed by atoms with E-state index in [9.17, 15) is 14.7 Å². The molecule has 4 nitrogen and oxygen atoms in total. The Labute approximate surface area is 145 Å². The van der Waals surface area contributed by atoms with Gasteiger partial charge in [-0.05, 0) is 42.3 Å². The summed E-state index contributed by atoms with van der Waals surface area (Å²) in [7, 11) is 1.44. The topological polar surface area (TPSA) is 63.6 Å². The van der Waals surface area contributed by atoms with Gasteiger partial charge in [-0.1, -0.05) is 35.9 Å². The molecule has 0 aliphatic rings. The van der Waals surface area contributed by atoms with Crippen molar-refractivity contribution in [2.45, 2.75) is 13.3 Å². The van der Waals surface area contributed by atoms with Crippen LogP contribution in [0.1, 0.15) is 27.9 Å². The quantitative estimate of drug-likeness (QED) is 0.484. The summed E-state index contributed by atoms with van der Waals surface area (Å²) in [5.74, 6) is -0.248. The van der Waals surface area contributed by atoms with Gasteiger partial charge in [0, 0.05) is 10.6 Å². The summed E-state index contributed by atoms with van der Waals surface area (Å²) in [6.07, 6.45) is 2.68. The van der Waals surface area contributed by atoms with Crippen LogP contribution < -0.4 is 4.74 Å². The molecule has 24 heavy (non-hydrogen) atoms. The molecule has 2 aromatic rings. The van der Waals surface area contributed by atoms with E-state index >= 15 is 0 Å². The van der Waals surface area contributed by atoms with E-state index in [-0.39, 0.29) is 23.7 Å². The number of hydrogen-bond donors (Lipinski definition) is 1. The molecule has 0 spiro atoms. The minimum absolute atomic E-state index is 0.0209. The Morgan fingerprint density at radius 2 is 2.00 bits per heavy atom. The normalized spacial score (nSPS) is 10.8. The number of methoxy groups -OCH3 is 1. The number of aromatic hydroxyl groups is 1. The summed E-state index contributed by atoms with van der Waals surface area (Å²) >= 11 is 5.99. The average Bonchev–Trinajstić information content (AvgIpc) is 2.56. The lowest BCUT2D eigenvalue weighted by Gasteiger charge is -2.05. The summed E-state index contributed by atoms with van der Waals surface area (Å²) in [6.45, 7) is 1.75. The van der Waals surface area contributed by atoms with Crippen molar-refractivity contribution in [1.82, 2.24) is 0 Å². The number of Topliss-reactive ketones (excluding diaryl/α,β-unsaturated/α-hetero) is 1. The molecule has 0 unspecified atom stereocenters. The number of halogens is 1. The SMILES string of the molecule is COc1cc(/C=C/C(=O)CC(=O)c2cccc(Cl)c2C)ccc1O. The predicted octanol–water partition coefficient (Wildman–Crippen LogP) is 4.22. The molecule has 5 heteroatoms. The van der Waals surface area contributed by atoms with Gasteiger partial charge in [-0.15, -0.1) is 0 Å². The van der Waals surface area contributed by atoms with Gasteiger partial charge < -0.3 is 9.84 Å². The van der Waals surface area contributed by atoms with Crippen LogP contribution >= 0.6 is 11.6 Å². The van der Waals surface area contributed by atoms with E-state index in [1.165, 1.54) is 19.3 Å². The fourth-order valence-corrected chi connectivity index (χ4v) is 2.38. The molecule has 0 saturated heterocycles. The number of ketones is 2. The Morgan fingerprint density at radius 1 is 1.25 bits per heavy atom. The van der Waals surface area contributed by atoms with Crippen LogP contribution in [0.5, 0.6) is 11.5 Å². The van der Waals surface area contributed by atoms with E-state index in [4.69, 9.17) is 16.3 Å². The van der Waals surface area contributed by atoms with Gasteiger partial charge in [-0.25, -0.2) is 0 Å². The van der Waals surface area contributed by atoms with Crippen LogP contribution in [0.15, 0.2) is 42.5 Å². The molecule has 0 amide bonds. The van der Waals surface area contributed by atoms with E-state index in [0.717, 1.165) is 0 Å². The zero-order valence-corrected chi connectivity index (χ0v) is 14.1. The Hall–Kier alpha value is -2.59. The second-order valence-corrected chi connectivity index (χ2v) is 5.65.